The largest absolute Gasteiger partial charge is 0.338 e. The van der Waals surface area contributed by atoms with Gasteiger partial charge < -0.3 is 9.42 Å². The number of aryl methyl sites for hydroxylation is 3. The Bertz CT molecular complexity index is 707. The van der Waals surface area contributed by atoms with Gasteiger partial charge in [0, 0.05) is 25.3 Å². The van der Waals surface area contributed by atoms with Crippen LogP contribution < -0.4 is 0 Å². The van der Waals surface area contributed by atoms with Gasteiger partial charge in [-0.3, -0.25) is 14.4 Å². The van der Waals surface area contributed by atoms with Crippen LogP contribution in [-0.2, 0) is 11.3 Å². The zero-order chi connectivity index (χ0) is 16.6. The Labute approximate surface area is 135 Å². The summed E-state index contributed by atoms with van der Waals surface area (Å²) in [6.45, 7) is 7.96. The fourth-order valence-corrected chi connectivity index (χ4v) is 2.88. The Morgan fingerprint density at radius 1 is 1.35 bits per heavy atom. The molecule has 1 aliphatic rings. The molecule has 1 saturated heterocycles. The number of rotatable bonds is 3. The minimum atomic E-state index is -0.0608. The summed E-state index contributed by atoms with van der Waals surface area (Å²) < 4.78 is 7.04. The molecular formula is C15H22N6O2. The van der Waals surface area contributed by atoms with Crippen molar-refractivity contribution in [3.05, 3.63) is 29.2 Å². The minimum Gasteiger partial charge on any atom is -0.338 e. The van der Waals surface area contributed by atoms with Gasteiger partial charge in [-0.05, 0) is 33.9 Å². The number of aromatic nitrogens is 4. The van der Waals surface area contributed by atoms with E-state index in [1.807, 2.05) is 31.9 Å². The van der Waals surface area contributed by atoms with Crippen molar-refractivity contribution in [1.29, 1.82) is 0 Å². The summed E-state index contributed by atoms with van der Waals surface area (Å²) in [6, 6.07) is 1.91. The summed E-state index contributed by atoms with van der Waals surface area (Å²) in [5.41, 5.74) is 1.92. The van der Waals surface area contributed by atoms with E-state index in [4.69, 9.17) is 4.52 Å². The Morgan fingerprint density at radius 3 is 2.74 bits per heavy atom. The maximum Gasteiger partial charge on any atom is 0.245 e. The van der Waals surface area contributed by atoms with Crippen molar-refractivity contribution in [2.24, 2.45) is 0 Å². The zero-order valence-corrected chi connectivity index (χ0v) is 14.0. The van der Waals surface area contributed by atoms with Gasteiger partial charge >= 0.3 is 0 Å². The second-order valence-corrected chi connectivity index (χ2v) is 6.10. The molecule has 2 aromatic rings. The normalized spacial score (nSPS) is 19.3. The highest BCUT2D eigenvalue weighted by atomic mass is 16.5. The highest BCUT2D eigenvalue weighted by molar-refractivity contribution is 5.76. The lowest BCUT2D eigenvalue weighted by Crippen LogP contribution is -2.50. The van der Waals surface area contributed by atoms with Crippen LogP contribution in [0.15, 0.2) is 10.6 Å². The first-order chi connectivity index (χ1) is 10.9. The topological polar surface area (TPSA) is 80.3 Å². The predicted molar refractivity (Wildman–Crippen MR) is 82.7 cm³/mol. The van der Waals surface area contributed by atoms with E-state index in [-0.39, 0.29) is 18.5 Å². The van der Waals surface area contributed by atoms with E-state index >= 15 is 0 Å². The van der Waals surface area contributed by atoms with E-state index in [9.17, 15) is 4.79 Å². The Morgan fingerprint density at radius 2 is 2.13 bits per heavy atom. The molecule has 3 rings (SSSR count). The molecule has 1 fully saturated rings. The SMILES string of the molecule is Cc1cc(C)n(CC(=O)N2CCN(C)[C@H](c3nc(C)no3)C2)n1. The second-order valence-electron chi connectivity index (χ2n) is 6.10. The lowest BCUT2D eigenvalue weighted by Gasteiger charge is -2.37. The summed E-state index contributed by atoms with van der Waals surface area (Å²) in [7, 11) is 2.01. The predicted octanol–water partition coefficient (Wildman–Crippen LogP) is 0.707. The van der Waals surface area contributed by atoms with E-state index in [0.29, 0.717) is 24.8 Å². The van der Waals surface area contributed by atoms with Crippen molar-refractivity contribution in [2.75, 3.05) is 26.7 Å². The standard InChI is InChI=1S/C15H22N6O2/c1-10-7-11(2)21(17-10)9-14(22)20-6-5-19(4)13(8-20)15-16-12(3)18-23-15/h7,13H,5-6,8-9H2,1-4H3/t13-/m0/s1. The molecule has 1 amide bonds. The van der Waals surface area contributed by atoms with E-state index in [1.54, 1.807) is 11.6 Å². The van der Waals surface area contributed by atoms with Crippen molar-refractivity contribution in [3.63, 3.8) is 0 Å². The molecule has 0 aliphatic carbocycles. The van der Waals surface area contributed by atoms with E-state index in [1.165, 1.54) is 0 Å². The number of nitrogens with zero attached hydrogens (tertiary/aromatic N) is 6. The number of carbonyl (C=O) groups is 1. The van der Waals surface area contributed by atoms with E-state index in [0.717, 1.165) is 17.9 Å². The summed E-state index contributed by atoms with van der Waals surface area (Å²) in [5.74, 6) is 1.23. The molecule has 2 aromatic heterocycles. The van der Waals surface area contributed by atoms with Crippen LogP contribution >= 0.6 is 0 Å². The summed E-state index contributed by atoms with van der Waals surface area (Å²) in [4.78, 5) is 20.9. The number of carbonyl (C=O) groups excluding carboxylic acids is 1. The first kappa shape index (κ1) is 15.7. The summed E-state index contributed by atoms with van der Waals surface area (Å²) >= 11 is 0. The van der Waals surface area contributed by atoms with Gasteiger partial charge in [-0.2, -0.15) is 10.1 Å². The molecule has 0 spiro atoms. The molecule has 0 radical (unpaired) electrons. The number of piperazine rings is 1. The first-order valence-corrected chi connectivity index (χ1v) is 7.73. The molecule has 0 N–H and O–H groups in total. The molecule has 1 atom stereocenters. The van der Waals surface area contributed by atoms with Crippen LogP contribution in [0.1, 0.15) is 29.1 Å². The highest BCUT2D eigenvalue weighted by Crippen LogP contribution is 2.22. The Balaban J connectivity index is 1.70. The highest BCUT2D eigenvalue weighted by Gasteiger charge is 2.32. The number of amides is 1. The van der Waals surface area contributed by atoms with Crippen molar-refractivity contribution < 1.29 is 9.32 Å². The van der Waals surface area contributed by atoms with Gasteiger partial charge in [0.2, 0.25) is 11.8 Å². The van der Waals surface area contributed by atoms with E-state index in [2.05, 4.69) is 20.1 Å². The first-order valence-electron chi connectivity index (χ1n) is 7.73. The summed E-state index contributed by atoms with van der Waals surface area (Å²) in [6.07, 6.45) is 0. The van der Waals surface area contributed by atoms with Gasteiger partial charge in [-0.1, -0.05) is 5.16 Å². The van der Waals surface area contributed by atoms with Crippen LogP contribution in [0.2, 0.25) is 0 Å². The minimum absolute atomic E-state index is 0.0607. The van der Waals surface area contributed by atoms with Crippen molar-refractivity contribution >= 4 is 5.91 Å². The van der Waals surface area contributed by atoms with Crippen LogP contribution in [0.25, 0.3) is 0 Å². The molecule has 0 bridgehead atoms. The van der Waals surface area contributed by atoms with Gasteiger partial charge in [0.05, 0.1) is 5.69 Å². The smallest absolute Gasteiger partial charge is 0.245 e. The third-order valence-electron chi connectivity index (χ3n) is 4.22. The molecule has 0 saturated carbocycles. The molecule has 8 nitrogen and oxygen atoms in total. The van der Waals surface area contributed by atoms with Crippen molar-refractivity contribution in [3.8, 4) is 0 Å². The molecular weight excluding hydrogens is 296 g/mol. The van der Waals surface area contributed by atoms with Gasteiger partial charge in [0.25, 0.3) is 0 Å². The second kappa shape index (κ2) is 6.11. The van der Waals surface area contributed by atoms with Crippen LogP contribution in [0, 0.1) is 20.8 Å². The maximum absolute atomic E-state index is 12.6. The van der Waals surface area contributed by atoms with Gasteiger partial charge in [-0.25, -0.2) is 0 Å². The lowest BCUT2D eigenvalue weighted by molar-refractivity contribution is -0.135. The van der Waals surface area contributed by atoms with Crippen molar-refractivity contribution in [2.45, 2.75) is 33.4 Å². The molecule has 1 aliphatic heterocycles. The van der Waals surface area contributed by atoms with Crippen LogP contribution in [0.3, 0.4) is 0 Å². The maximum atomic E-state index is 12.6. The van der Waals surface area contributed by atoms with Crippen molar-refractivity contribution in [1.82, 2.24) is 29.7 Å². The monoisotopic (exact) mass is 318 g/mol. The molecule has 124 valence electrons. The fourth-order valence-electron chi connectivity index (χ4n) is 2.88. The number of likely N-dealkylation sites (N-methyl/N-ethyl adjacent to an activating group) is 1. The van der Waals surface area contributed by atoms with Gasteiger partial charge in [-0.15, -0.1) is 0 Å². The van der Waals surface area contributed by atoms with E-state index < -0.39 is 0 Å². The molecule has 0 unspecified atom stereocenters. The molecule has 23 heavy (non-hydrogen) atoms. The molecule has 0 aromatic carbocycles. The number of hydrogen-bond donors (Lipinski definition) is 0. The van der Waals surface area contributed by atoms with Crippen LogP contribution in [0.4, 0.5) is 0 Å². The third-order valence-corrected chi connectivity index (χ3v) is 4.22. The lowest BCUT2D eigenvalue weighted by atomic mass is 10.1. The average molecular weight is 318 g/mol. The molecule has 8 heteroatoms. The fraction of sp³-hybridized carbons (Fsp3) is 0.600. The quantitative estimate of drug-likeness (QED) is 0.829. The van der Waals surface area contributed by atoms with Gasteiger partial charge in [0.1, 0.15) is 12.6 Å². The van der Waals surface area contributed by atoms with Crippen LogP contribution in [-0.4, -0.2) is 62.3 Å². The third kappa shape index (κ3) is 3.26. The summed E-state index contributed by atoms with van der Waals surface area (Å²) in [5, 5.41) is 8.21. The Kier molecular flexibility index (Phi) is 4.16. The zero-order valence-electron chi connectivity index (χ0n) is 14.0. The molecule has 3 heterocycles. The van der Waals surface area contributed by atoms with Gasteiger partial charge in [0.15, 0.2) is 5.82 Å². The Hall–Kier alpha value is -2.22. The van der Waals surface area contributed by atoms with Crippen LogP contribution in [0.5, 0.6) is 0 Å². The number of hydrogen-bond acceptors (Lipinski definition) is 6. The average Bonchev–Trinajstić information content (AvgIpc) is 3.05.